The number of ketones is 1. The van der Waals surface area contributed by atoms with Crippen molar-refractivity contribution in [2.24, 2.45) is 0 Å². The Labute approximate surface area is 146 Å². The van der Waals surface area contributed by atoms with E-state index in [0.29, 0.717) is 19.3 Å². The summed E-state index contributed by atoms with van der Waals surface area (Å²) in [6.07, 6.45) is 18.1. The van der Waals surface area contributed by atoms with Crippen molar-refractivity contribution >= 4 is 11.8 Å². The Morgan fingerprint density at radius 3 is 2.29 bits per heavy atom. The summed E-state index contributed by atoms with van der Waals surface area (Å²) >= 11 is 0. The van der Waals surface area contributed by atoms with Gasteiger partial charge in [0.1, 0.15) is 6.10 Å². The quantitative estimate of drug-likeness (QED) is 0.339. The van der Waals surface area contributed by atoms with Gasteiger partial charge in [0, 0.05) is 12.8 Å². The molecular formula is C20H32O4. The molecule has 0 heterocycles. The van der Waals surface area contributed by atoms with Gasteiger partial charge in [-0.3, -0.25) is 9.59 Å². The topological polar surface area (TPSA) is 74.6 Å². The first-order valence-electron chi connectivity index (χ1n) is 8.95. The van der Waals surface area contributed by atoms with E-state index in [-0.39, 0.29) is 12.2 Å². The lowest BCUT2D eigenvalue weighted by atomic mass is 10.1. The molecule has 1 unspecified atom stereocenters. The number of carboxylic acid groups (broad SMARTS) is 1. The van der Waals surface area contributed by atoms with Gasteiger partial charge in [0.2, 0.25) is 0 Å². The zero-order valence-electron chi connectivity index (χ0n) is 14.8. The fourth-order valence-corrected chi connectivity index (χ4v) is 2.08. The van der Waals surface area contributed by atoms with Crippen molar-refractivity contribution < 1.29 is 19.8 Å². The number of unbranched alkanes of at least 4 members (excludes halogenated alkanes) is 4. The lowest BCUT2D eigenvalue weighted by molar-refractivity contribution is -0.137. The number of rotatable bonds is 15. The second-order valence-corrected chi connectivity index (χ2v) is 5.85. The molecular weight excluding hydrogens is 304 g/mol. The Morgan fingerprint density at radius 2 is 1.58 bits per heavy atom. The van der Waals surface area contributed by atoms with E-state index in [0.717, 1.165) is 25.7 Å². The lowest BCUT2D eigenvalue weighted by Gasteiger charge is -2.04. The maximum Gasteiger partial charge on any atom is 0.303 e. The molecule has 24 heavy (non-hydrogen) atoms. The Bertz CT molecular complexity index is 421. The van der Waals surface area contributed by atoms with E-state index in [1.54, 1.807) is 0 Å². The molecule has 0 spiro atoms. The number of aliphatic hydroxyl groups is 1. The van der Waals surface area contributed by atoms with E-state index in [2.05, 4.69) is 6.92 Å². The van der Waals surface area contributed by atoms with Crippen LogP contribution in [0, 0.1) is 0 Å². The average molecular weight is 336 g/mol. The standard InChI is InChI=1S/C20H32O4/c1-2-3-4-5-9-12-15-18(21)19(22)16-13-10-7-6-8-11-14-17-20(23)24/h6,8-10,12-13,19,22H,2-5,7,11,14-17H2,1H3,(H,23,24)/b8-6-,12-9?,13-10?. The zero-order chi connectivity index (χ0) is 18.0. The summed E-state index contributed by atoms with van der Waals surface area (Å²) in [7, 11) is 0. The van der Waals surface area contributed by atoms with Crippen LogP contribution in [-0.2, 0) is 9.59 Å². The monoisotopic (exact) mass is 336 g/mol. The molecule has 4 heteroatoms. The molecule has 0 aliphatic heterocycles. The van der Waals surface area contributed by atoms with Crippen LogP contribution in [-0.4, -0.2) is 28.1 Å². The first kappa shape index (κ1) is 22.3. The van der Waals surface area contributed by atoms with E-state index in [4.69, 9.17) is 5.11 Å². The number of allylic oxidation sites excluding steroid dienone is 5. The van der Waals surface area contributed by atoms with E-state index < -0.39 is 12.1 Å². The second kappa shape index (κ2) is 16.2. The first-order valence-corrected chi connectivity index (χ1v) is 8.95. The van der Waals surface area contributed by atoms with Crippen LogP contribution in [0.5, 0.6) is 0 Å². The number of carbonyl (C=O) groups is 2. The maximum absolute atomic E-state index is 11.7. The van der Waals surface area contributed by atoms with Gasteiger partial charge >= 0.3 is 5.97 Å². The third-order valence-corrected chi connectivity index (χ3v) is 3.56. The summed E-state index contributed by atoms with van der Waals surface area (Å²) < 4.78 is 0. The average Bonchev–Trinajstić information content (AvgIpc) is 2.55. The van der Waals surface area contributed by atoms with Crippen molar-refractivity contribution in [3.63, 3.8) is 0 Å². The summed E-state index contributed by atoms with van der Waals surface area (Å²) in [6, 6.07) is 0. The van der Waals surface area contributed by atoms with Crippen LogP contribution in [0.15, 0.2) is 36.5 Å². The van der Waals surface area contributed by atoms with Crippen LogP contribution in [0.1, 0.15) is 71.1 Å². The smallest absolute Gasteiger partial charge is 0.303 e. The van der Waals surface area contributed by atoms with Gasteiger partial charge in [-0.15, -0.1) is 0 Å². The highest BCUT2D eigenvalue weighted by molar-refractivity contribution is 5.84. The molecule has 0 saturated carbocycles. The molecule has 0 amide bonds. The molecule has 1 atom stereocenters. The van der Waals surface area contributed by atoms with E-state index >= 15 is 0 Å². The van der Waals surface area contributed by atoms with Crippen LogP contribution < -0.4 is 0 Å². The molecule has 0 aliphatic carbocycles. The van der Waals surface area contributed by atoms with Gasteiger partial charge in [-0.05, 0) is 38.5 Å². The van der Waals surface area contributed by atoms with E-state index in [1.165, 1.54) is 12.8 Å². The van der Waals surface area contributed by atoms with Gasteiger partial charge in [0.05, 0.1) is 0 Å². The molecule has 0 aliphatic rings. The molecule has 0 aromatic carbocycles. The van der Waals surface area contributed by atoms with Gasteiger partial charge < -0.3 is 10.2 Å². The van der Waals surface area contributed by atoms with Crippen molar-refractivity contribution in [3.8, 4) is 0 Å². The van der Waals surface area contributed by atoms with Crippen LogP contribution in [0.25, 0.3) is 0 Å². The molecule has 0 saturated heterocycles. The van der Waals surface area contributed by atoms with Gasteiger partial charge in [-0.2, -0.15) is 0 Å². The van der Waals surface area contributed by atoms with Crippen molar-refractivity contribution in [2.75, 3.05) is 0 Å². The molecule has 0 radical (unpaired) electrons. The third-order valence-electron chi connectivity index (χ3n) is 3.56. The normalized spacial score (nSPS) is 13.2. The van der Waals surface area contributed by atoms with Crippen LogP contribution in [0.2, 0.25) is 0 Å². The summed E-state index contributed by atoms with van der Waals surface area (Å²) in [5, 5.41) is 18.3. The molecule has 0 aromatic rings. The highest BCUT2D eigenvalue weighted by Gasteiger charge is 2.10. The lowest BCUT2D eigenvalue weighted by Crippen LogP contribution is -2.18. The highest BCUT2D eigenvalue weighted by atomic mass is 16.4. The van der Waals surface area contributed by atoms with Crippen LogP contribution in [0.4, 0.5) is 0 Å². The number of aliphatic carboxylic acids is 1. The van der Waals surface area contributed by atoms with Crippen LogP contribution in [0.3, 0.4) is 0 Å². The number of hydrogen-bond donors (Lipinski definition) is 2. The second-order valence-electron chi connectivity index (χ2n) is 5.85. The summed E-state index contributed by atoms with van der Waals surface area (Å²) in [5.74, 6) is -0.909. The molecule has 2 N–H and O–H groups in total. The Hall–Kier alpha value is -1.68. The summed E-state index contributed by atoms with van der Waals surface area (Å²) in [4.78, 5) is 22.1. The largest absolute Gasteiger partial charge is 0.481 e. The molecule has 4 nitrogen and oxygen atoms in total. The molecule has 0 bridgehead atoms. The Kier molecular flexibility index (Phi) is 15.1. The highest BCUT2D eigenvalue weighted by Crippen LogP contribution is 2.04. The van der Waals surface area contributed by atoms with Crippen molar-refractivity contribution in [1.29, 1.82) is 0 Å². The predicted molar refractivity (Wildman–Crippen MR) is 97.9 cm³/mol. The fourth-order valence-electron chi connectivity index (χ4n) is 2.08. The fraction of sp³-hybridized carbons (Fsp3) is 0.600. The molecule has 136 valence electrons. The van der Waals surface area contributed by atoms with Gasteiger partial charge in [0.25, 0.3) is 0 Å². The first-order chi connectivity index (χ1) is 11.6. The minimum absolute atomic E-state index is 0.143. The summed E-state index contributed by atoms with van der Waals surface area (Å²) in [5.41, 5.74) is 0. The van der Waals surface area contributed by atoms with Crippen LogP contribution >= 0.6 is 0 Å². The van der Waals surface area contributed by atoms with Crippen molar-refractivity contribution in [2.45, 2.75) is 77.2 Å². The molecule has 0 aromatic heterocycles. The maximum atomic E-state index is 11.7. The SMILES string of the molecule is CCCCCC=CCC(=O)C(O)CC=CC/C=C\CCCC(=O)O. The zero-order valence-corrected chi connectivity index (χ0v) is 14.8. The van der Waals surface area contributed by atoms with Gasteiger partial charge in [0.15, 0.2) is 5.78 Å². The number of Topliss-reactive ketones (excluding diaryl/α,β-unsaturated/α-hetero) is 1. The summed E-state index contributed by atoms with van der Waals surface area (Å²) in [6.45, 7) is 2.16. The third kappa shape index (κ3) is 15.2. The Morgan fingerprint density at radius 1 is 0.917 bits per heavy atom. The number of aliphatic hydroxyl groups excluding tert-OH is 1. The van der Waals surface area contributed by atoms with Crippen molar-refractivity contribution in [3.05, 3.63) is 36.5 Å². The minimum Gasteiger partial charge on any atom is -0.481 e. The van der Waals surface area contributed by atoms with E-state index in [1.807, 2.05) is 36.5 Å². The van der Waals surface area contributed by atoms with Gasteiger partial charge in [-0.25, -0.2) is 0 Å². The number of carbonyl (C=O) groups excluding carboxylic acids is 1. The molecule has 0 fully saturated rings. The minimum atomic E-state index is -0.930. The number of carboxylic acids is 1. The Balaban J connectivity index is 3.71. The van der Waals surface area contributed by atoms with E-state index in [9.17, 15) is 14.7 Å². The number of hydrogen-bond acceptors (Lipinski definition) is 3. The molecule has 0 rings (SSSR count). The predicted octanol–water partition coefficient (Wildman–Crippen LogP) is 4.59. The van der Waals surface area contributed by atoms with Crippen molar-refractivity contribution in [1.82, 2.24) is 0 Å². The van der Waals surface area contributed by atoms with Gasteiger partial charge in [-0.1, -0.05) is 56.2 Å².